The minimum Gasteiger partial charge on any atom is -0.302 e. The number of amides is 1. The fourth-order valence-corrected chi connectivity index (χ4v) is 5.05. The molecule has 1 heterocycles. The highest BCUT2D eigenvalue weighted by atomic mass is 35.5. The molecule has 4 rings (SSSR count). The van der Waals surface area contributed by atoms with Crippen molar-refractivity contribution in [1.82, 2.24) is 0 Å². The van der Waals surface area contributed by atoms with Crippen LogP contribution in [0.25, 0.3) is 0 Å². The molecule has 1 atom stereocenters. The number of nitro groups is 1. The largest absolute Gasteiger partial charge is 0.302 e. The van der Waals surface area contributed by atoms with E-state index in [1.807, 2.05) is 50.2 Å². The number of nitrogens with zero attached hydrogens (tertiary/aromatic N) is 2. The van der Waals surface area contributed by atoms with Gasteiger partial charge in [-0.2, -0.15) is 0 Å². The highest BCUT2D eigenvalue weighted by molar-refractivity contribution is 6.32. The quantitative estimate of drug-likeness (QED) is 0.354. The molecule has 0 saturated heterocycles. The highest BCUT2D eigenvalue weighted by Gasteiger charge is 2.47. The van der Waals surface area contributed by atoms with Crippen molar-refractivity contribution in [2.24, 2.45) is 0 Å². The van der Waals surface area contributed by atoms with Crippen molar-refractivity contribution in [2.75, 3.05) is 4.90 Å². The maximum atomic E-state index is 13.7. The summed E-state index contributed by atoms with van der Waals surface area (Å²) in [7, 11) is 0. The first-order chi connectivity index (χ1) is 14.6. The lowest BCUT2D eigenvalue weighted by Gasteiger charge is -2.51. The van der Waals surface area contributed by atoms with Gasteiger partial charge in [-0.3, -0.25) is 14.9 Å². The van der Waals surface area contributed by atoms with Crippen molar-refractivity contribution in [1.29, 1.82) is 0 Å². The molecule has 1 amide bonds. The van der Waals surface area contributed by atoms with E-state index in [2.05, 4.69) is 25.1 Å². The van der Waals surface area contributed by atoms with Crippen LogP contribution in [-0.2, 0) is 5.41 Å². The standard InChI is InChI=1S/C25H23ClN2O3/c1-24(2)16-25(3,18-9-5-4-6-10-18)19-11-7-8-12-21(19)27(24)23(29)17-13-14-20(26)22(15-17)28(30)31/h4-15H,16H2,1-3H3. The van der Waals surface area contributed by atoms with E-state index in [4.69, 9.17) is 11.6 Å². The summed E-state index contributed by atoms with van der Waals surface area (Å²) < 4.78 is 0. The lowest BCUT2D eigenvalue weighted by Crippen LogP contribution is -2.55. The molecule has 0 radical (unpaired) electrons. The maximum absolute atomic E-state index is 13.7. The Morgan fingerprint density at radius 2 is 1.65 bits per heavy atom. The van der Waals surface area contributed by atoms with E-state index in [0.29, 0.717) is 6.42 Å². The van der Waals surface area contributed by atoms with Gasteiger partial charge in [0.1, 0.15) is 5.02 Å². The Hall–Kier alpha value is -3.18. The molecule has 0 fully saturated rings. The number of carbonyl (C=O) groups excluding carboxylic acids is 1. The van der Waals surface area contributed by atoms with Crippen molar-refractivity contribution in [3.63, 3.8) is 0 Å². The molecular formula is C25H23ClN2O3. The Labute approximate surface area is 186 Å². The van der Waals surface area contributed by atoms with Crippen LogP contribution in [0.15, 0.2) is 72.8 Å². The van der Waals surface area contributed by atoms with Gasteiger partial charge in [0.2, 0.25) is 0 Å². The van der Waals surface area contributed by atoms with Crippen molar-refractivity contribution in [3.05, 3.63) is 105 Å². The number of hydrogen-bond acceptors (Lipinski definition) is 3. The topological polar surface area (TPSA) is 63.5 Å². The Morgan fingerprint density at radius 1 is 1.00 bits per heavy atom. The molecule has 0 aromatic heterocycles. The second kappa shape index (κ2) is 7.50. The molecule has 0 bridgehead atoms. The number of halogens is 1. The predicted octanol–water partition coefficient (Wildman–Crippen LogP) is 6.38. The number of hydrogen-bond donors (Lipinski definition) is 0. The number of benzene rings is 3. The molecule has 31 heavy (non-hydrogen) atoms. The lowest BCUT2D eigenvalue weighted by atomic mass is 9.65. The van der Waals surface area contributed by atoms with E-state index in [-0.39, 0.29) is 27.6 Å². The Kier molecular flexibility index (Phi) is 5.10. The van der Waals surface area contributed by atoms with Crippen LogP contribution >= 0.6 is 11.6 Å². The number of anilines is 1. The minimum absolute atomic E-state index is 0.0107. The van der Waals surface area contributed by atoms with Crippen LogP contribution in [0, 0.1) is 10.1 Å². The van der Waals surface area contributed by atoms with Gasteiger partial charge in [-0.05, 0) is 49.6 Å². The summed E-state index contributed by atoms with van der Waals surface area (Å²) >= 11 is 5.96. The summed E-state index contributed by atoms with van der Waals surface area (Å²) in [5, 5.41) is 11.3. The van der Waals surface area contributed by atoms with Gasteiger partial charge in [0, 0.05) is 28.3 Å². The van der Waals surface area contributed by atoms with Crippen LogP contribution in [0.1, 0.15) is 48.7 Å². The molecule has 5 nitrogen and oxygen atoms in total. The van der Waals surface area contributed by atoms with Gasteiger partial charge in [-0.15, -0.1) is 0 Å². The number of carbonyl (C=O) groups is 1. The van der Waals surface area contributed by atoms with Gasteiger partial charge in [-0.25, -0.2) is 0 Å². The van der Waals surface area contributed by atoms with Crippen molar-refractivity contribution >= 4 is 28.9 Å². The molecule has 1 aliphatic rings. The van der Waals surface area contributed by atoms with Crippen LogP contribution in [0.5, 0.6) is 0 Å². The van der Waals surface area contributed by atoms with Crippen molar-refractivity contribution in [2.45, 2.75) is 38.1 Å². The molecule has 1 aliphatic heterocycles. The number of nitro benzene ring substituents is 1. The average Bonchev–Trinajstić information content (AvgIpc) is 2.73. The van der Waals surface area contributed by atoms with E-state index < -0.39 is 10.5 Å². The van der Waals surface area contributed by atoms with E-state index in [1.165, 1.54) is 17.7 Å². The number of para-hydroxylation sites is 1. The van der Waals surface area contributed by atoms with Crippen LogP contribution in [0.3, 0.4) is 0 Å². The third-order valence-corrected chi connectivity index (χ3v) is 6.45. The summed E-state index contributed by atoms with van der Waals surface area (Å²) in [5.41, 5.74) is 2.19. The van der Waals surface area contributed by atoms with E-state index in [9.17, 15) is 14.9 Å². The van der Waals surface area contributed by atoms with E-state index in [1.54, 1.807) is 11.0 Å². The van der Waals surface area contributed by atoms with Gasteiger partial charge in [0.15, 0.2) is 0 Å². The summed E-state index contributed by atoms with van der Waals surface area (Å²) in [6.45, 7) is 6.27. The van der Waals surface area contributed by atoms with Gasteiger partial charge >= 0.3 is 0 Å². The first kappa shape index (κ1) is 21.1. The van der Waals surface area contributed by atoms with Gasteiger partial charge < -0.3 is 4.90 Å². The monoisotopic (exact) mass is 434 g/mol. The fourth-order valence-electron chi connectivity index (χ4n) is 4.86. The average molecular weight is 435 g/mol. The van der Waals surface area contributed by atoms with Gasteiger partial charge in [0.05, 0.1) is 4.92 Å². The zero-order valence-electron chi connectivity index (χ0n) is 17.6. The molecule has 0 aliphatic carbocycles. The smallest absolute Gasteiger partial charge is 0.288 e. The molecular weight excluding hydrogens is 412 g/mol. The summed E-state index contributed by atoms with van der Waals surface area (Å²) in [5.74, 6) is -0.285. The predicted molar refractivity (Wildman–Crippen MR) is 123 cm³/mol. The molecule has 0 N–H and O–H groups in total. The minimum atomic E-state index is -0.569. The first-order valence-electron chi connectivity index (χ1n) is 10.1. The normalized spacial score (nSPS) is 19.5. The summed E-state index contributed by atoms with van der Waals surface area (Å²) in [6.07, 6.45) is 0.697. The fraction of sp³-hybridized carbons (Fsp3) is 0.240. The molecule has 0 saturated carbocycles. The Balaban J connectivity index is 1.87. The second-order valence-corrected chi connectivity index (χ2v) is 9.18. The Morgan fingerprint density at radius 3 is 2.32 bits per heavy atom. The SMILES string of the molecule is CC1(c2ccccc2)CC(C)(C)N(C(=O)c2ccc(Cl)c([N+](=O)[O-])c2)c2ccccc21. The molecule has 158 valence electrons. The van der Waals surface area contributed by atoms with Crippen molar-refractivity contribution < 1.29 is 9.72 Å². The molecule has 1 unspecified atom stereocenters. The van der Waals surface area contributed by atoms with Crippen LogP contribution in [0.2, 0.25) is 5.02 Å². The molecule has 0 spiro atoms. The third kappa shape index (κ3) is 3.49. The van der Waals surface area contributed by atoms with Gasteiger partial charge in [-0.1, -0.05) is 67.1 Å². The van der Waals surface area contributed by atoms with E-state index in [0.717, 1.165) is 11.3 Å². The van der Waals surface area contributed by atoms with Crippen molar-refractivity contribution in [3.8, 4) is 0 Å². The zero-order chi connectivity index (χ0) is 22.4. The van der Waals surface area contributed by atoms with Crippen LogP contribution in [-0.4, -0.2) is 16.4 Å². The zero-order valence-corrected chi connectivity index (χ0v) is 18.4. The highest BCUT2D eigenvalue weighted by Crippen LogP contribution is 2.50. The number of fused-ring (bicyclic) bond motifs is 1. The molecule has 3 aromatic carbocycles. The second-order valence-electron chi connectivity index (χ2n) is 8.77. The number of rotatable bonds is 3. The van der Waals surface area contributed by atoms with Gasteiger partial charge in [0.25, 0.3) is 11.6 Å². The maximum Gasteiger partial charge on any atom is 0.288 e. The first-order valence-corrected chi connectivity index (χ1v) is 10.5. The van der Waals surface area contributed by atoms with Crippen LogP contribution < -0.4 is 4.90 Å². The lowest BCUT2D eigenvalue weighted by molar-refractivity contribution is -0.384. The summed E-state index contributed by atoms with van der Waals surface area (Å²) in [6, 6.07) is 22.4. The van der Waals surface area contributed by atoms with Crippen LogP contribution in [0.4, 0.5) is 11.4 Å². The third-order valence-electron chi connectivity index (χ3n) is 6.13. The van der Waals surface area contributed by atoms with E-state index >= 15 is 0 Å². The molecule has 3 aromatic rings. The molecule has 6 heteroatoms. The Bertz CT molecular complexity index is 1180. The summed E-state index contributed by atoms with van der Waals surface area (Å²) in [4.78, 5) is 26.2.